The van der Waals surface area contributed by atoms with Crippen LogP contribution >= 0.6 is 0 Å². The van der Waals surface area contributed by atoms with Crippen molar-refractivity contribution in [2.24, 2.45) is 0 Å². The largest absolute Gasteiger partial charge is 0.478 e. The lowest BCUT2D eigenvalue weighted by molar-refractivity contribution is 0.0677. The number of carboxylic acid groups (broad SMARTS) is 3. The van der Waals surface area contributed by atoms with Gasteiger partial charge in [-0.15, -0.1) is 0 Å². The van der Waals surface area contributed by atoms with Crippen LogP contribution in [0, 0.1) is 0 Å². The van der Waals surface area contributed by atoms with Gasteiger partial charge in [0.15, 0.2) is 5.78 Å². The number of carbonyl (C=O) groups excluding carboxylic acids is 1. The van der Waals surface area contributed by atoms with Crippen LogP contribution in [0.1, 0.15) is 47.4 Å². The first-order valence-electron chi connectivity index (χ1n) is 6.30. The Morgan fingerprint density at radius 1 is 1.04 bits per heavy atom. The SMILES string of the molecule is O=C(O)c1cc(C(=O)O)c2c(n1)CC(=O)c1cc(C(=O)O)[nH]c1-2. The van der Waals surface area contributed by atoms with E-state index in [-0.39, 0.29) is 40.2 Å². The summed E-state index contributed by atoms with van der Waals surface area (Å²) in [6.45, 7) is 0. The lowest BCUT2D eigenvalue weighted by atomic mass is 9.89. The highest BCUT2D eigenvalue weighted by atomic mass is 16.4. The normalized spacial score (nSPS) is 12.4. The van der Waals surface area contributed by atoms with Gasteiger partial charge in [0.1, 0.15) is 11.4 Å². The third kappa shape index (κ3) is 2.14. The highest BCUT2D eigenvalue weighted by Gasteiger charge is 2.32. The summed E-state index contributed by atoms with van der Waals surface area (Å²) >= 11 is 0. The zero-order chi connectivity index (χ0) is 16.9. The number of aromatic amines is 1. The van der Waals surface area contributed by atoms with Crippen molar-refractivity contribution in [3.8, 4) is 11.3 Å². The summed E-state index contributed by atoms with van der Waals surface area (Å²) in [6, 6.07) is 2.00. The summed E-state index contributed by atoms with van der Waals surface area (Å²) < 4.78 is 0. The molecule has 0 spiro atoms. The van der Waals surface area contributed by atoms with Crippen molar-refractivity contribution < 1.29 is 34.5 Å². The zero-order valence-electron chi connectivity index (χ0n) is 11.3. The summed E-state index contributed by atoms with van der Waals surface area (Å²) in [4.78, 5) is 51.9. The molecule has 0 saturated carbocycles. The van der Waals surface area contributed by atoms with Gasteiger partial charge in [0.2, 0.25) is 0 Å². The first kappa shape index (κ1) is 14.4. The number of pyridine rings is 1. The lowest BCUT2D eigenvalue weighted by Crippen LogP contribution is -2.18. The molecule has 116 valence electrons. The van der Waals surface area contributed by atoms with Crippen molar-refractivity contribution >= 4 is 23.7 Å². The molecule has 0 aliphatic heterocycles. The van der Waals surface area contributed by atoms with E-state index >= 15 is 0 Å². The smallest absolute Gasteiger partial charge is 0.354 e. The molecular formula is C14H8N2O7. The number of aromatic carboxylic acids is 3. The molecule has 0 radical (unpaired) electrons. The Morgan fingerprint density at radius 3 is 2.30 bits per heavy atom. The first-order valence-corrected chi connectivity index (χ1v) is 6.30. The quantitative estimate of drug-likeness (QED) is 0.650. The average Bonchev–Trinajstić information content (AvgIpc) is 2.91. The van der Waals surface area contributed by atoms with E-state index in [9.17, 15) is 24.3 Å². The van der Waals surface area contributed by atoms with Gasteiger partial charge < -0.3 is 20.3 Å². The summed E-state index contributed by atoms with van der Waals surface area (Å²) in [5.41, 5.74) is -1.04. The molecule has 0 saturated heterocycles. The Morgan fingerprint density at radius 2 is 1.74 bits per heavy atom. The third-order valence-electron chi connectivity index (χ3n) is 3.47. The maximum absolute atomic E-state index is 12.1. The highest BCUT2D eigenvalue weighted by molar-refractivity contribution is 6.11. The Labute approximate surface area is 127 Å². The summed E-state index contributed by atoms with van der Waals surface area (Å²) in [6.07, 6.45) is -0.305. The van der Waals surface area contributed by atoms with Crippen LogP contribution in [0.2, 0.25) is 0 Å². The molecular weight excluding hydrogens is 308 g/mol. The van der Waals surface area contributed by atoms with Gasteiger partial charge >= 0.3 is 17.9 Å². The van der Waals surface area contributed by atoms with Gasteiger partial charge in [0.25, 0.3) is 0 Å². The summed E-state index contributed by atoms with van der Waals surface area (Å²) in [7, 11) is 0. The van der Waals surface area contributed by atoms with E-state index in [4.69, 9.17) is 10.2 Å². The number of carbonyl (C=O) groups is 4. The fraction of sp³-hybridized carbons (Fsp3) is 0.0714. The molecule has 0 fully saturated rings. The van der Waals surface area contributed by atoms with Crippen LogP contribution < -0.4 is 0 Å². The molecule has 1 aliphatic rings. The number of nitrogens with one attached hydrogen (secondary N) is 1. The van der Waals surface area contributed by atoms with Crippen LogP contribution in [-0.2, 0) is 6.42 Å². The van der Waals surface area contributed by atoms with Gasteiger partial charge in [0.05, 0.1) is 23.4 Å². The maximum atomic E-state index is 12.1. The molecule has 9 heteroatoms. The van der Waals surface area contributed by atoms with E-state index < -0.39 is 29.4 Å². The molecule has 0 unspecified atom stereocenters. The molecule has 0 aromatic carbocycles. The monoisotopic (exact) mass is 316 g/mol. The minimum atomic E-state index is -1.42. The van der Waals surface area contributed by atoms with Gasteiger partial charge in [-0.2, -0.15) is 0 Å². The van der Waals surface area contributed by atoms with E-state index in [2.05, 4.69) is 9.97 Å². The van der Waals surface area contributed by atoms with Crippen LogP contribution in [0.25, 0.3) is 11.3 Å². The predicted octanol–water partition coefficient (Wildman–Crippen LogP) is 0.910. The standard InChI is InChI=1S/C14H8N2O7/c17-9-3-6-10(11-4(9)1-8(16-11)14(22)23)5(12(18)19)2-7(15-6)13(20)21/h1-2,16H,3H2,(H,18,19)(H,20,21)(H,22,23). The summed E-state index contributed by atoms with van der Waals surface area (Å²) in [5, 5.41) is 27.3. The number of nitrogens with zero attached hydrogens (tertiary/aromatic N) is 1. The number of H-pyrrole nitrogens is 1. The van der Waals surface area contributed by atoms with Crippen LogP contribution in [0.15, 0.2) is 12.1 Å². The highest BCUT2D eigenvalue weighted by Crippen LogP contribution is 2.35. The summed E-state index contributed by atoms with van der Waals surface area (Å²) in [5.74, 6) is -4.60. The second-order valence-corrected chi connectivity index (χ2v) is 4.86. The molecule has 2 aromatic heterocycles. The molecule has 9 nitrogen and oxygen atoms in total. The van der Waals surface area contributed by atoms with Gasteiger partial charge in [-0.05, 0) is 12.1 Å². The molecule has 0 bridgehead atoms. The van der Waals surface area contributed by atoms with Crippen molar-refractivity contribution in [2.45, 2.75) is 6.42 Å². The van der Waals surface area contributed by atoms with E-state index in [1.54, 1.807) is 0 Å². The van der Waals surface area contributed by atoms with Crippen molar-refractivity contribution in [1.82, 2.24) is 9.97 Å². The van der Waals surface area contributed by atoms with E-state index in [1.807, 2.05) is 0 Å². The number of ketones is 1. The third-order valence-corrected chi connectivity index (χ3v) is 3.47. The van der Waals surface area contributed by atoms with Crippen LogP contribution in [-0.4, -0.2) is 49.0 Å². The topological polar surface area (TPSA) is 158 Å². The minimum Gasteiger partial charge on any atom is -0.478 e. The average molecular weight is 316 g/mol. The van der Waals surface area contributed by atoms with Gasteiger partial charge in [-0.1, -0.05) is 0 Å². The molecule has 0 atom stereocenters. The lowest BCUT2D eigenvalue weighted by Gasteiger charge is -2.17. The second kappa shape index (κ2) is 4.77. The van der Waals surface area contributed by atoms with E-state index in [1.165, 1.54) is 0 Å². The number of carboxylic acids is 3. The Bertz CT molecular complexity index is 910. The van der Waals surface area contributed by atoms with Crippen molar-refractivity contribution in [3.63, 3.8) is 0 Å². The van der Waals surface area contributed by atoms with Crippen LogP contribution in [0.3, 0.4) is 0 Å². The number of rotatable bonds is 3. The van der Waals surface area contributed by atoms with Gasteiger partial charge in [-0.3, -0.25) is 4.79 Å². The second-order valence-electron chi connectivity index (χ2n) is 4.86. The van der Waals surface area contributed by atoms with Crippen LogP contribution in [0.4, 0.5) is 0 Å². The first-order chi connectivity index (χ1) is 10.8. The Hall–Kier alpha value is -3.49. The number of aromatic nitrogens is 2. The molecule has 1 aliphatic carbocycles. The minimum absolute atomic E-state index is 0.0152. The van der Waals surface area contributed by atoms with Crippen molar-refractivity contribution in [1.29, 1.82) is 0 Å². The van der Waals surface area contributed by atoms with E-state index in [0.717, 1.165) is 12.1 Å². The molecule has 4 N–H and O–H groups in total. The zero-order valence-corrected chi connectivity index (χ0v) is 11.3. The molecule has 0 amide bonds. The molecule has 23 heavy (non-hydrogen) atoms. The fourth-order valence-electron chi connectivity index (χ4n) is 2.52. The number of hydrogen-bond acceptors (Lipinski definition) is 5. The van der Waals surface area contributed by atoms with Gasteiger partial charge in [0, 0.05) is 11.1 Å². The van der Waals surface area contributed by atoms with Crippen molar-refractivity contribution in [3.05, 3.63) is 40.3 Å². The molecule has 2 aromatic rings. The molecule has 3 rings (SSSR count). The van der Waals surface area contributed by atoms with Crippen molar-refractivity contribution in [2.75, 3.05) is 0 Å². The predicted molar refractivity (Wildman–Crippen MR) is 72.9 cm³/mol. The fourth-order valence-corrected chi connectivity index (χ4v) is 2.52. The van der Waals surface area contributed by atoms with Gasteiger partial charge in [-0.25, -0.2) is 19.4 Å². The number of hydrogen-bond donors (Lipinski definition) is 4. The molecule has 2 heterocycles. The maximum Gasteiger partial charge on any atom is 0.354 e. The number of fused-ring (bicyclic) bond motifs is 3. The van der Waals surface area contributed by atoms with E-state index in [0.29, 0.717) is 0 Å². The Balaban J connectivity index is 2.35. The Kier molecular flexibility index (Phi) is 2.99. The van der Waals surface area contributed by atoms with Crippen LogP contribution in [0.5, 0.6) is 0 Å². The number of Topliss-reactive ketones (excluding diaryl/α,β-unsaturated/α-hetero) is 1.